The first kappa shape index (κ1) is 12.9. The van der Waals surface area contributed by atoms with Crippen LogP contribution in [0.1, 0.15) is 0 Å². The molecule has 1 fully saturated rings. The zero-order valence-corrected chi connectivity index (χ0v) is 11.1. The van der Waals surface area contributed by atoms with Gasteiger partial charge in [0.2, 0.25) is 0 Å². The van der Waals surface area contributed by atoms with Crippen molar-refractivity contribution in [1.29, 1.82) is 0 Å². The van der Waals surface area contributed by atoms with Gasteiger partial charge in [0.15, 0.2) is 0 Å². The van der Waals surface area contributed by atoms with Crippen LogP contribution in [-0.4, -0.2) is 49.2 Å². The van der Waals surface area contributed by atoms with Crippen LogP contribution < -0.4 is 10.6 Å². The molecule has 0 bridgehead atoms. The van der Waals surface area contributed by atoms with Crippen LogP contribution in [0, 0.1) is 0 Å². The average Bonchev–Trinajstić information content (AvgIpc) is 2.33. The summed E-state index contributed by atoms with van der Waals surface area (Å²) < 4.78 is 0. The van der Waals surface area contributed by atoms with E-state index in [1.54, 1.807) is 12.3 Å². The topological polar surface area (TPSA) is 40.2 Å². The van der Waals surface area contributed by atoms with Crippen molar-refractivity contribution in [1.82, 2.24) is 15.2 Å². The summed E-state index contributed by atoms with van der Waals surface area (Å²) in [5.41, 5.74) is 0. The van der Waals surface area contributed by atoms with Gasteiger partial charge in [-0.05, 0) is 6.07 Å². The number of nitrogens with zero attached hydrogens (tertiary/aromatic N) is 2. The maximum atomic E-state index is 6.02. The molecular weight excluding hydrogens is 259 g/mol. The second-order valence-electron chi connectivity index (χ2n) is 4.00. The Balaban J connectivity index is 1.77. The van der Waals surface area contributed by atoms with Gasteiger partial charge >= 0.3 is 0 Å². The zero-order chi connectivity index (χ0) is 12.1. The largest absolute Gasteiger partial charge is 0.368 e. The summed E-state index contributed by atoms with van der Waals surface area (Å²) in [5, 5.41) is 7.68. The van der Waals surface area contributed by atoms with E-state index < -0.39 is 0 Å². The Kier molecular flexibility index (Phi) is 4.86. The van der Waals surface area contributed by atoms with Gasteiger partial charge in [-0.1, -0.05) is 23.2 Å². The molecular formula is C11H16Cl2N4. The molecule has 1 saturated heterocycles. The molecule has 0 unspecified atom stereocenters. The summed E-state index contributed by atoms with van der Waals surface area (Å²) in [6.07, 6.45) is 1.60. The number of halogens is 2. The quantitative estimate of drug-likeness (QED) is 0.877. The SMILES string of the molecule is Clc1cnc(NCCN2CCNCC2)c(Cl)c1. The lowest BCUT2D eigenvalue weighted by molar-refractivity contribution is 0.249. The van der Waals surface area contributed by atoms with E-state index in [4.69, 9.17) is 23.2 Å². The first-order valence-electron chi connectivity index (χ1n) is 5.74. The molecule has 2 rings (SSSR count). The molecule has 1 aromatic rings. The van der Waals surface area contributed by atoms with Crippen LogP contribution in [0.4, 0.5) is 5.82 Å². The van der Waals surface area contributed by atoms with Crippen molar-refractivity contribution < 1.29 is 0 Å². The molecule has 1 aromatic heterocycles. The van der Waals surface area contributed by atoms with Crippen molar-refractivity contribution in [3.8, 4) is 0 Å². The van der Waals surface area contributed by atoms with Crippen molar-refractivity contribution in [3.63, 3.8) is 0 Å². The zero-order valence-electron chi connectivity index (χ0n) is 9.55. The highest BCUT2D eigenvalue weighted by Gasteiger charge is 2.09. The van der Waals surface area contributed by atoms with Gasteiger partial charge in [-0.25, -0.2) is 4.98 Å². The van der Waals surface area contributed by atoms with Crippen LogP contribution in [0.15, 0.2) is 12.3 Å². The Morgan fingerprint density at radius 2 is 2.12 bits per heavy atom. The number of rotatable bonds is 4. The van der Waals surface area contributed by atoms with Crippen LogP contribution in [-0.2, 0) is 0 Å². The molecule has 17 heavy (non-hydrogen) atoms. The predicted molar refractivity (Wildman–Crippen MR) is 72.1 cm³/mol. The predicted octanol–water partition coefficient (Wildman–Crippen LogP) is 1.71. The van der Waals surface area contributed by atoms with E-state index in [0.29, 0.717) is 15.9 Å². The highest BCUT2D eigenvalue weighted by Crippen LogP contribution is 2.22. The van der Waals surface area contributed by atoms with Gasteiger partial charge in [-0.3, -0.25) is 4.90 Å². The molecule has 0 spiro atoms. The monoisotopic (exact) mass is 274 g/mol. The third-order valence-electron chi connectivity index (χ3n) is 2.74. The number of hydrogen-bond donors (Lipinski definition) is 2. The first-order chi connectivity index (χ1) is 8.25. The van der Waals surface area contributed by atoms with E-state index >= 15 is 0 Å². The molecule has 1 aliphatic heterocycles. The normalized spacial score (nSPS) is 17.1. The standard InChI is InChI=1S/C11H16Cl2N4/c12-9-7-10(13)11(16-8-9)15-3-6-17-4-1-14-2-5-17/h7-8,14H,1-6H2,(H,15,16). The Hall–Kier alpha value is -0.550. The lowest BCUT2D eigenvalue weighted by Gasteiger charge is -2.27. The van der Waals surface area contributed by atoms with Gasteiger partial charge in [0, 0.05) is 45.5 Å². The second kappa shape index (κ2) is 6.40. The summed E-state index contributed by atoms with van der Waals surface area (Å²) in [6.45, 7) is 6.18. The molecule has 6 heteroatoms. The first-order valence-corrected chi connectivity index (χ1v) is 6.49. The number of nitrogens with one attached hydrogen (secondary N) is 2. The summed E-state index contributed by atoms with van der Waals surface area (Å²) in [4.78, 5) is 6.56. The van der Waals surface area contributed by atoms with Crippen molar-refractivity contribution in [2.24, 2.45) is 0 Å². The molecule has 0 amide bonds. The van der Waals surface area contributed by atoms with E-state index in [1.807, 2.05) is 0 Å². The molecule has 0 atom stereocenters. The molecule has 2 heterocycles. The second-order valence-corrected chi connectivity index (χ2v) is 4.85. The fourth-order valence-corrected chi connectivity index (χ4v) is 2.26. The Morgan fingerprint density at radius 3 is 2.82 bits per heavy atom. The summed E-state index contributed by atoms with van der Waals surface area (Å²) in [6, 6.07) is 1.70. The van der Waals surface area contributed by atoms with Gasteiger partial charge in [0.1, 0.15) is 5.82 Å². The van der Waals surface area contributed by atoms with Gasteiger partial charge in [-0.2, -0.15) is 0 Å². The Bertz CT molecular complexity index is 366. The minimum atomic E-state index is 0.558. The fraction of sp³-hybridized carbons (Fsp3) is 0.545. The van der Waals surface area contributed by atoms with Crippen LogP contribution in [0.3, 0.4) is 0 Å². The van der Waals surface area contributed by atoms with Crippen molar-refractivity contribution >= 4 is 29.0 Å². The highest BCUT2D eigenvalue weighted by atomic mass is 35.5. The number of piperazine rings is 1. The van der Waals surface area contributed by atoms with Crippen LogP contribution in [0.5, 0.6) is 0 Å². The third kappa shape index (κ3) is 4.00. The number of pyridine rings is 1. The van der Waals surface area contributed by atoms with E-state index in [1.165, 1.54) is 0 Å². The molecule has 4 nitrogen and oxygen atoms in total. The molecule has 0 aliphatic carbocycles. The van der Waals surface area contributed by atoms with Gasteiger partial charge in [0.05, 0.1) is 10.0 Å². The molecule has 0 saturated carbocycles. The smallest absolute Gasteiger partial charge is 0.144 e. The molecule has 1 aliphatic rings. The lowest BCUT2D eigenvalue weighted by atomic mass is 10.3. The minimum absolute atomic E-state index is 0.558. The fourth-order valence-electron chi connectivity index (χ4n) is 1.81. The molecule has 2 N–H and O–H groups in total. The van der Waals surface area contributed by atoms with Crippen LogP contribution >= 0.6 is 23.2 Å². The number of anilines is 1. The molecule has 0 radical (unpaired) electrons. The summed E-state index contributed by atoms with van der Waals surface area (Å²) >= 11 is 11.8. The Morgan fingerprint density at radius 1 is 1.35 bits per heavy atom. The van der Waals surface area contributed by atoms with Crippen LogP contribution in [0.2, 0.25) is 10.0 Å². The maximum Gasteiger partial charge on any atom is 0.144 e. The molecule has 0 aromatic carbocycles. The highest BCUT2D eigenvalue weighted by molar-refractivity contribution is 6.35. The van der Waals surface area contributed by atoms with Crippen molar-refractivity contribution in [2.75, 3.05) is 44.6 Å². The summed E-state index contributed by atoms with van der Waals surface area (Å²) in [7, 11) is 0. The van der Waals surface area contributed by atoms with Crippen molar-refractivity contribution in [3.05, 3.63) is 22.3 Å². The number of aromatic nitrogens is 1. The third-order valence-corrected chi connectivity index (χ3v) is 3.23. The maximum absolute atomic E-state index is 6.02. The van der Waals surface area contributed by atoms with Gasteiger partial charge < -0.3 is 10.6 Å². The minimum Gasteiger partial charge on any atom is -0.368 e. The van der Waals surface area contributed by atoms with E-state index in [2.05, 4.69) is 20.5 Å². The lowest BCUT2D eigenvalue weighted by Crippen LogP contribution is -2.45. The number of hydrogen-bond acceptors (Lipinski definition) is 4. The summed E-state index contributed by atoms with van der Waals surface area (Å²) in [5.74, 6) is 0.700. The van der Waals surface area contributed by atoms with Crippen LogP contribution in [0.25, 0.3) is 0 Å². The van der Waals surface area contributed by atoms with E-state index in [9.17, 15) is 0 Å². The van der Waals surface area contributed by atoms with Gasteiger partial charge in [-0.15, -0.1) is 0 Å². The Labute approximate surface area is 111 Å². The van der Waals surface area contributed by atoms with Gasteiger partial charge in [0.25, 0.3) is 0 Å². The van der Waals surface area contributed by atoms with E-state index in [0.717, 1.165) is 39.3 Å². The molecule has 94 valence electrons. The average molecular weight is 275 g/mol. The van der Waals surface area contributed by atoms with Crippen molar-refractivity contribution in [2.45, 2.75) is 0 Å². The van der Waals surface area contributed by atoms with E-state index in [-0.39, 0.29) is 0 Å².